The summed E-state index contributed by atoms with van der Waals surface area (Å²) in [5, 5.41) is 12.4. The molecule has 0 aliphatic carbocycles. The zero-order valence-electron chi connectivity index (χ0n) is 13.2. The molecule has 1 heterocycles. The van der Waals surface area contributed by atoms with Crippen LogP contribution in [0.25, 0.3) is 0 Å². The first kappa shape index (κ1) is 17.3. The molecule has 0 saturated heterocycles. The molecule has 0 radical (unpaired) electrons. The van der Waals surface area contributed by atoms with Crippen LogP contribution >= 0.6 is 0 Å². The van der Waals surface area contributed by atoms with Crippen molar-refractivity contribution in [1.29, 1.82) is 0 Å². The van der Waals surface area contributed by atoms with Crippen molar-refractivity contribution in [2.75, 3.05) is 17.7 Å². The van der Waals surface area contributed by atoms with Crippen molar-refractivity contribution < 1.29 is 5.11 Å². The first-order valence-electron chi connectivity index (χ1n) is 7.31. The van der Waals surface area contributed by atoms with Gasteiger partial charge in [0.2, 0.25) is 0 Å². The maximum atomic E-state index is 12.2. The molecule has 1 atom stereocenters. The van der Waals surface area contributed by atoms with Crippen molar-refractivity contribution in [1.82, 2.24) is 9.13 Å². The summed E-state index contributed by atoms with van der Waals surface area (Å²) in [6.45, 7) is 6.23. The quantitative estimate of drug-likeness (QED) is 0.674. The molecular weight excluding hydrogens is 272 g/mol. The topological polar surface area (TPSA) is 102 Å². The fourth-order valence-electron chi connectivity index (χ4n) is 2.06. The summed E-state index contributed by atoms with van der Waals surface area (Å²) in [6.07, 6.45) is 1.72. The second-order valence-corrected chi connectivity index (χ2v) is 5.59. The summed E-state index contributed by atoms with van der Waals surface area (Å²) in [4.78, 5) is 24.4. The van der Waals surface area contributed by atoms with E-state index in [0.717, 1.165) is 17.4 Å². The number of aliphatic hydroxyl groups excluding tert-OH is 1. The molecule has 0 spiro atoms. The summed E-state index contributed by atoms with van der Waals surface area (Å²) in [5.74, 6) is 0.255. The standard InChI is InChI=1S/C14H26N4O3/c1-5-6-7-18-12(15)11(13(20)17(4)14(18)21)16-10(8-19)9(2)3/h9-10,16,19H,5-8,15H2,1-4H3. The summed E-state index contributed by atoms with van der Waals surface area (Å²) in [5.41, 5.74) is 5.30. The van der Waals surface area contributed by atoms with E-state index < -0.39 is 11.2 Å². The SMILES string of the molecule is CCCCn1c(N)c(NC(CO)C(C)C)c(=O)n(C)c1=O. The second kappa shape index (κ2) is 7.31. The van der Waals surface area contributed by atoms with Gasteiger partial charge in [0.15, 0.2) is 0 Å². The lowest BCUT2D eigenvalue weighted by Crippen LogP contribution is -2.43. The van der Waals surface area contributed by atoms with Gasteiger partial charge < -0.3 is 16.2 Å². The highest BCUT2D eigenvalue weighted by atomic mass is 16.3. The van der Waals surface area contributed by atoms with Crippen LogP contribution in [0.2, 0.25) is 0 Å². The Labute approximate surface area is 124 Å². The summed E-state index contributed by atoms with van der Waals surface area (Å²) < 4.78 is 2.45. The highest BCUT2D eigenvalue weighted by molar-refractivity contribution is 5.61. The van der Waals surface area contributed by atoms with Crippen molar-refractivity contribution in [3.8, 4) is 0 Å². The van der Waals surface area contributed by atoms with Crippen molar-refractivity contribution in [3.63, 3.8) is 0 Å². The number of hydrogen-bond donors (Lipinski definition) is 3. The Morgan fingerprint density at radius 3 is 2.43 bits per heavy atom. The molecule has 0 fully saturated rings. The molecule has 1 aromatic rings. The molecule has 0 amide bonds. The van der Waals surface area contributed by atoms with Gasteiger partial charge in [-0.15, -0.1) is 0 Å². The largest absolute Gasteiger partial charge is 0.394 e. The predicted molar refractivity (Wildman–Crippen MR) is 84.6 cm³/mol. The van der Waals surface area contributed by atoms with E-state index in [9.17, 15) is 14.7 Å². The van der Waals surface area contributed by atoms with Gasteiger partial charge in [0.1, 0.15) is 11.5 Å². The number of anilines is 2. The average Bonchev–Trinajstić information content (AvgIpc) is 2.45. The third-order valence-electron chi connectivity index (χ3n) is 3.65. The van der Waals surface area contributed by atoms with Gasteiger partial charge in [-0.1, -0.05) is 27.2 Å². The van der Waals surface area contributed by atoms with E-state index in [0.29, 0.717) is 6.54 Å². The molecule has 0 bridgehead atoms. The number of nitrogen functional groups attached to an aromatic ring is 1. The Morgan fingerprint density at radius 1 is 1.33 bits per heavy atom. The number of aliphatic hydroxyl groups is 1. The van der Waals surface area contributed by atoms with Gasteiger partial charge in [-0.3, -0.25) is 13.9 Å². The Hall–Kier alpha value is -1.76. The Balaban J connectivity index is 3.35. The molecular formula is C14H26N4O3. The van der Waals surface area contributed by atoms with E-state index in [1.165, 1.54) is 11.6 Å². The van der Waals surface area contributed by atoms with Crippen LogP contribution in [0.4, 0.5) is 11.5 Å². The van der Waals surface area contributed by atoms with E-state index in [1.54, 1.807) is 0 Å². The van der Waals surface area contributed by atoms with Crippen LogP contribution in [0.1, 0.15) is 33.6 Å². The second-order valence-electron chi connectivity index (χ2n) is 5.59. The third kappa shape index (κ3) is 3.66. The normalized spacial score (nSPS) is 12.7. The third-order valence-corrected chi connectivity index (χ3v) is 3.65. The minimum Gasteiger partial charge on any atom is -0.394 e. The van der Waals surface area contributed by atoms with Crippen molar-refractivity contribution >= 4 is 11.5 Å². The van der Waals surface area contributed by atoms with Crippen molar-refractivity contribution in [3.05, 3.63) is 20.8 Å². The summed E-state index contributed by atoms with van der Waals surface area (Å²) in [7, 11) is 1.43. The molecule has 1 rings (SSSR count). The molecule has 0 saturated carbocycles. The highest BCUT2D eigenvalue weighted by Gasteiger charge is 2.19. The summed E-state index contributed by atoms with van der Waals surface area (Å²) in [6, 6.07) is -0.294. The minimum absolute atomic E-state index is 0.117. The molecule has 4 N–H and O–H groups in total. The number of hydrogen-bond acceptors (Lipinski definition) is 5. The average molecular weight is 298 g/mol. The number of nitrogens with one attached hydrogen (secondary N) is 1. The number of aromatic nitrogens is 2. The van der Waals surface area contributed by atoms with Crippen LogP contribution in [-0.2, 0) is 13.6 Å². The van der Waals surface area contributed by atoms with E-state index in [1.807, 2.05) is 20.8 Å². The first-order chi connectivity index (χ1) is 9.84. The summed E-state index contributed by atoms with van der Waals surface area (Å²) >= 11 is 0. The molecule has 0 aromatic carbocycles. The molecule has 0 aliphatic heterocycles. The van der Waals surface area contributed by atoms with E-state index >= 15 is 0 Å². The van der Waals surface area contributed by atoms with Gasteiger partial charge in [-0.05, 0) is 12.3 Å². The van der Waals surface area contributed by atoms with Gasteiger partial charge >= 0.3 is 5.69 Å². The zero-order chi connectivity index (χ0) is 16.2. The lowest BCUT2D eigenvalue weighted by atomic mass is 10.1. The van der Waals surface area contributed by atoms with E-state index in [-0.39, 0.29) is 30.1 Å². The number of unbranched alkanes of at least 4 members (excludes halogenated alkanes) is 1. The minimum atomic E-state index is -0.468. The molecule has 7 heteroatoms. The maximum absolute atomic E-state index is 12.2. The molecule has 120 valence electrons. The Morgan fingerprint density at radius 2 is 1.95 bits per heavy atom. The molecule has 7 nitrogen and oxygen atoms in total. The van der Waals surface area contributed by atoms with Gasteiger partial charge in [0.05, 0.1) is 12.6 Å². The van der Waals surface area contributed by atoms with Crippen LogP contribution in [0.15, 0.2) is 9.59 Å². The van der Waals surface area contributed by atoms with Crippen LogP contribution < -0.4 is 22.3 Å². The first-order valence-corrected chi connectivity index (χ1v) is 7.31. The van der Waals surface area contributed by atoms with Crippen LogP contribution in [0, 0.1) is 5.92 Å². The fraction of sp³-hybridized carbons (Fsp3) is 0.714. The number of nitrogens with zero attached hydrogens (tertiary/aromatic N) is 2. The maximum Gasteiger partial charge on any atom is 0.332 e. The lowest BCUT2D eigenvalue weighted by Gasteiger charge is -2.23. The van der Waals surface area contributed by atoms with Gasteiger partial charge in [0.25, 0.3) is 5.56 Å². The lowest BCUT2D eigenvalue weighted by molar-refractivity contribution is 0.249. The molecule has 21 heavy (non-hydrogen) atoms. The van der Waals surface area contributed by atoms with Crippen LogP contribution in [0.3, 0.4) is 0 Å². The van der Waals surface area contributed by atoms with E-state index in [2.05, 4.69) is 5.32 Å². The highest BCUT2D eigenvalue weighted by Crippen LogP contribution is 2.15. The number of nitrogens with two attached hydrogens (primary N) is 1. The Bertz CT molecular complexity index is 589. The fourth-order valence-corrected chi connectivity index (χ4v) is 2.06. The van der Waals surface area contributed by atoms with Crippen LogP contribution in [0.5, 0.6) is 0 Å². The van der Waals surface area contributed by atoms with Gasteiger partial charge in [-0.25, -0.2) is 4.79 Å². The van der Waals surface area contributed by atoms with E-state index in [4.69, 9.17) is 5.73 Å². The molecule has 1 aromatic heterocycles. The molecule has 0 aliphatic rings. The smallest absolute Gasteiger partial charge is 0.332 e. The van der Waals surface area contributed by atoms with Gasteiger partial charge in [0, 0.05) is 13.6 Å². The van der Waals surface area contributed by atoms with Crippen molar-refractivity contribution in [2.24, 2.45) is 13.0 Å². The molecule has 1 unspecified atom stereocenters. The monoisotopic (exact) mass is 298 g/mol. The number of rotatable bonds is 7. The van der Waals surface area contributed by atoms with Crippen LogP contribution in [-0.4, -0.2) is 26.9 Å². The Kier molecular flexibility index (Phi) is 6.02. The zero-order valence-corrected chi connectivity index (χ0v) is 13.2. The van der Waals surface area contributed by atoms with Crippen molar-refractivity contribution in [2.45, 2.75) is 46.2 Å². The van der Waals surface area contributed by atoms with Gasteiger partial charge in [-0.2, -0.15) is 0 Å². The predicted octanol–water partition coefficient (Wildman–Crippen LogP) is 0.358.